The van der Waals surface area contributed by atoms with E-state index in [2.05, 4.69) is 33.9 Å². The largest absolute Gasteiger partial charge is 0.465 e. The molecule has 0 aliphatic heterocycles. The van der Waals surface area contributed by atoms with Gasteiger partial charge in [0.25, 0.3) is 0 Å². The molecule has 35 heavy (non-hydrogen) atoms. The summed E-state index contributed by atoms with van der Waals surface area (Å²) in [5.41, 5.74) is 0.725. The maximum atomic E-state index is 13.1. The Labute approximate surface area is 210 Å². The van der Waals surface area contributed by atoms with Gasteiger partial charge in [0.1, 0.15) is 13.2 Å². The third-order valence-electron chi connectivity index (χ3n) is 6.64. The van der Waals surface area contributed by atoms with Crippen molar-refractivity contribution >= 4 is 30.6 Å². The van der Waals surface area contributed by atoms with Crippen LogP contribution in [0.1, 0.15) is 58.9 Å². The molecular formula is C24H40N2O7SSi. The van der Waals surface area contributed by atoms with Crippen LogP contribution in [0.15, 0.2) is 30.3 Å². The molecular weight excluding hydrogens is 488 g/mol. The number of hydrogen-bond acceptors (Lipinski definition) is 7. The summed E-state index contributed by atoms with van der Waals surface area (Å²) < 4.78 is 45.8. The minimum atomic E-state index is -4.34. The van der Waals surface area contributed by atoms with E-state index >= 15 is 0 Å². The van der Waals surface area contributed by atoms with Crippen LogP contribution in [0.2, 0.25) is 18.1 Å². The van der Waals surface area contributed by atoms with Crippen LogP contribution in [-0.4, -0.2) is 58.4 Å². The molecule has 0 unspecified atom stereocenters. The molecule has 0 radical (unpaired) electrons. The zero-order valence-corrected chi connectivity index (χ0v) is 23.5. The van der Waals surface area contributed by atoms with Crippen molar-refractivity contribution in [3.8, 4) is 0 Å². The second-order valence-corrected chi connectivity index (χ2v) is 16.7. The van der Waals surface area contributed by atoms with E-state index < -0.39 is 43.2 Å². The molecule has 1 amide bonds. The summed E-state index contributed by atoms with van der Waals surface area (Å²) in [5.74, 6) is -0.671. The molecule has 1 aliphatic rings. The monoisotopic (exact) mass is 528 g/mol. The Hall–Kier alpha value is -1.95. The van der Waals surface area contributed by atoms with Gasteiger partial charge in [0, 0.05) is 12.1 Å². The molecule has 1 aromatic rings. The third kappa shape index (κ3) is 8.89. The summed E-state index contributed by atoms with van der Waals surface area (Å²) in [6, 6.07) is 8.48. The average Bonchev–Trinajstić information content (AvgIpc) is 2.76. The first-order valence-electron chi connectivity index (χ1n) is 12.1. The van der Waals surface area contributed by atoms with Gasteiger partial charge in [-0.15, -0.1) is 0 Å². The highest BCUT2D eigenvalue weighted by molar-refractivity contribution is 7.87. The highest BCUT2D eigenvalue weighted by Gasteiger charge is 2.41. The average molecular weight is 529 g/mol. The number of carbonyl (C=O) groups is 2. The third-order valence-corrected chi connectivity index (χ3v) is 12.6. The number of hydrogen-bond donors (Lipinski definition) is 1. The highest BCUT2D eigenvalue weighted by atomic mass is 32.2. The fraction of sp³-hybridized carbons (Fsp3) is 0.667. The molecule has 198 valence electrons. The van der Waals surface area contributed by atoms with Gasteiger partial charge in [0.05, 0.1) is 6.61 Å². The number of esters is 1. The molecule has 9 nitrogen and oxygen atoms in total. The van der Waals surface area contributed by atoms with Crippen molar-refractivity contribution in [1.82, 2.24) is 9.03 Å². The van der Waals surface area contributed by atoms with E-state index in [4.69, 9.17) is 13.9 Å². The Bertz CT molecular complexity index is 940. The Morgan fingerprint density at radius 3 is 2.20 bits per heavy atom. The van der Waals surface area contributed by atoms with E-state index in [0.717, 1.165) is 9.87 Å². The summed E-state index contributed by atoms with van der Waals surface area (Å²) >= 11 is 0. The van der Waals surface area contributed by atoms with Crippen molar-refractivity contribution in [3.63, 3.8) is 0 Å². The lowest BCUT2D eigenvalue weighted by Gasteiger charge is -2.42. The van der Waals surface area contributed by atoms with Crippen LogP contribution < -0.4 is 4.72 Å². The first-order chi connectivity index (χ1) is 16.2. The highest BCUT2D eigenvalue weighted by Crippen LogP contribution is 2.39. The first kappa shape index (κ1) is 29.3. The molecule has 1 aromatic carbocycles. The minimum Gasteiger partial charge on any atom is -0.465 e. The fourth-order valence-electron chi connectivity index (χ4n) is 3.71. The molecule has 0 saturated heterocycles. The summed E-state index contributed by atoms with van der Waals surface area (Å²) in [7, 11) is -6.29. The number of ether oxygens (including phenoxy) is 2. The van der Waals surface area contributed by atoms with Gasteiger partial charge in [0.15, 0.2) is 8.32 Å². The molecule has 1 aliphatic carbocycles. The predicted molar refractivity (Wildman–Crippen MR) is 136 cm³/mol. The van der Waals surface area contributed by atoms with E-state index in [1.165, 1.54) is 0 Å². The topological polar surface area (TPSA) is 111 Å². The summed E-state index contributed by atoms with van der Waals surface area (Å²) in [6.45, 7) is 12.2. The fourth-order valence-corrected chi connectivity index (χ4v) is 6.39. The standard InChI is InChI=1S/C24H40N2O7SSi/c1-7-31-22(27)17-26(20-13-15-21(16-14-20)33-35(5,6)24(2,3)4)34(29,30)25-23(28)32-18-19-11-9-8-10-12-19/h8-12,20-21H,7,13-18H2,1-6H3,(H,25,28)/t20-,21-. The molecule has 0 atom stereocenters. The van der Waals surface area contributed by atoms with Crippen molar-refractivity contribution in [2.45, 2.75) is 90.3 Å². The molecule has 0 bridgehead atoms. The van der Waals surface area contributed by atoms with Gasteiger partial charge in [-0.05, 0) is 56.3 Å². The molecule has 0 aromatic heterocycles. The molecule has 1 fully saturated rings. The number of nitrogens with zero attached hydrogens (tertiary/aromatic N) is 1. The van der Waals surface area contributed by atoms with Gasteiger partial charge in [0.2, 0.25) is 0 Å². The molecule has 11 heteroatoms. The maximum Gasteiger partial charge on any atom is 0.422 e. The van der Waals surface area contributed by atoms with Crippen LogP contribution in [0.25, 0.3) is 0 Å². The Morgan fingerprint density at radius 1 is 1.06 bits per heavy atom. The number of benzene rings is 1. The van der Waals surface area contributed by atoms with Gasteiger partial charge in [-0.1, -0.05) is 51.1 Å². The van der Waals surface area contributed by atoms with Crippen molar-refractivity contribution < 1.29 is 31.9 Å². The van der Waals surface area contributed by atoms with Crippen LogP contribution in [0.4, 0.5) is 4.79 Å². The lowest BCUT2D eigenvalue weighted by atomic mass is 9.93. The van der Waals surface area contributed by atoms with Gasteiger partial charge in [-0.25, -0.2) is 9.52 Å². The van der Waals surface area contributed by atoms with Crippen LogP contribution in [0.5, 0.6) is 0 Å². The molecule has 2 rings (SSSR count). The molecule has 1 N–H and O–H groups in total. The van der Waals surface area contributed by atoms with Crippen molar-refractivity contribution in [3.05, 3.63) is 35.9 Å². The predicted octanol–water partition coefficient (Wildman–Crippen LogP) is 4.36. The van der Waals surface area contributed by atoms with Crippen molar-refractivity contribution in [1.29, 1.82) is 0 Å². The molecule has 1 saturated carbocycles. The Morgan fingerprint density at radius 2 is 1.66 bits per heavy atom. The van der Waals surface area contributed by atoms with Crippen LogP contribution in [-0.2, 0) is 35.5 Å². The van der Waals surface area contributed by atoms with Gasteiger partial charge < -0.3 is 13.9 Å². The summed E-state index contributed by atoms with van der Waals surface area (Å²) in [6.07, 6.45) is 1.31. The van der Waals surface area contributed by atoms with E-state index in [0.29, 0.717) is 25.7 Å². The van der Waals surface area contributed by atoms with Gasteiger partial charge in [-0.2, -0.15) is 12.7 Å². The molecule has 0 spiro atoms. The van der Waals surface area contributed by atoms with Gasteiger partial charge >= 0.3 is 22.3 Å². The van der Waals surface area contributed by atoms with E-state index in [1.807, 2.05) is 10.8 Å². The quantitative estimate of drug-likeness (QED) is 0.355. The Balaban J connectivity index is 2.06. The lowest BCUT2D eigenvalue weighted by molar-refractivity contribution is -0.143. The van der Waals surface area contributed by atoms with Crippen molar-refractivity contribution in [2.24, 2.45) is 0 Å². The summed E-state index contributed by atoms with van der Waals surface area (Å²) in [5, 5.41) is 0.0766. The Kier molecular flexibility index (Phi) is 10.3. The van der Waals surface area contributed by atoms with Crippen molar-refractivity contribution in [2.75, 3.05) is 13.2 Å². The second-order valence-electron chi connectivity index (χ2n) is 10.3. The summed E-state index contributed by atoms with van der Waals surface area (Å²) in [4.78, 5) is 24.5. The first-order valence-corrected chi connectivity index (χ1v) is 16.4. The number of rotatable bonds is 10. The van der Waals surface area contributed by atoms with Crippen LogP contribution >= 0.6 is 0 Å². The smallest absolute Gasteiger partial charge is 0.422 e. The SMILES string of the molecule is CCOC(=O)CN([C@H]1CC[C@H](O[Si](C)(C)C(C)(C)C)CC1)S(=O)(=O)NC(=O)OCc1ccccc1. The zero-order valence-electron chi connectivity index (χ0n) is 21.7. The van der Waals surface area contributed by atoms with E-state index in [-0.39, 0.29) is 24.4 Å². The number of amides is 1. The van der Waals surface area contributed by atoms with E-state index in [9.17, 15) is 18.0 Å². The molecule has 0 heterocycles. The maximum absolute atomic E-state index is 13.1. The van der Waals surface area contributed by atoms with Crippen LogP contribution in [0.3, 0.4) is 0 Å². The van der Waals surface area contributed by atoms with E-state index in [1.54, 1.807) is 31.2 Å². The second kappa shape index (κ2) is 12.3. The van der Waals surface area contributed by atoms with Gasteiger partial charge in [-0.3, -0.25) is 4.79 Å². The minimum absolute atomic E-state index is 0.0445. The number of carbonyl (C=O) groups excluding carboxylic acids is 2. The number of nitrogens with one attached hydrogen (secondary N) is 1. The zero-order chi connectivity index (χ0) is 26.3. The normalized spacial score (nSPS) is 19.3. The van der Waals surface area contributed by atoms with Crippen LogP contribution in [0, 0.1) is 0 Å². The lowest BCUT2D eigenvalue weighted by Crippen LogP contribution is -2.52.